The molecule has 6 heteroatoms. The zero-order valence-corrected chi connectivity index (χ0v) is 11.1. The third-order valence-electron chi connectivity index (χ3n) is 3.78. The minimum atomic E-state index is -0.972. The molecule has 0 aromatic rings. The third kappa shape index (κ3) is 3.17. The van der Waals surface area contributed by atoms with Crippen molar-refractivity contribution in [3.05, 3.63) is 0 Å². The molecule has 0 aromatic heterocycles. The summed E-state index contributed by atoms with van der Waals surface area (Å²) >= 11 is 1.64. The number of rotatable bonds is 6. The van der Waals surface area contributed by atoms with Crippen LogP contribution in [0.15, 0.2) is 0 Å². The number of amides is 1. The van der Waals surface area contributed by atoms with Crippen LogP contribution in [0.4, 0.5) is 0 Å². The van der Waals surface area contributed by atoms with E-state index in [9.17, 15) is 9.59 Å². The van der Waals surface area contributed by atoms with Crippen LogP contribution in [-0.4, -0.2) is 46.7 Å². The number of carboxylic acids is 1. The number of aliphatic carboxylic acids is 1. The predicted molar refractivity (Wildman–Crippen MR) is 68.6 cm³/mol. The summed E-state index contributed by atoms with van der Waals surface area (Å²) in [7, 11) is 0. The normalized spacial score (nSPS) is 27.2. The first kappa shape index (κ1) is 13.7. The fourth-order valence-corrected chi connectivity index (χ4v) is 3.94. The topological polar surface area (TPSA) is 75.6 Å². The molecule has 5 nitrogen and oxygen atoms in total. The van der Waals surface area contributed by atoms with E-state index >= 15 is 0 Å². The highest BCUT2D eigenvalue weighted by Crippen LogP contribution is 2.45. The molecular formula is C12H19NO4S. The Morgan fingerprint density at radius 3 is 2.94 bits per heavy atom. The molecule has 18 heavy (non-hydrogen) atoms. The minimum absolute atomic E-state index is 0.0900. The van der Waals surface area contributed by atoms with Crippen LogP contribution in [0, 0.1) is 0 Å². The Morgan fingerprint density at radius 2 is 2.39 bits per heavy atom. The van der Waals surface area contributed by atoms with Gasteiger partial charge in [0.05, 0.1) is 5.60 Å². The van der Waals surface area contributed by atoms with Crippen molar-refractivity contribution in [1.29, 1.82) is 0 Å². The summed E-state index contributed by atoms with van der Waals surface area (Å²) in [5.41, 5.74) is 0.0900. The summed E-state index contributed by atoms with van der Waals surface area (Å²) in [6, 6.07) is -0.785. The monoisotopic (exact) mass is 273 g/mol. The van der Waals surface area contributed by atoms with Gasteiger partial charge in [0.2, 0.25) is 6.41 Å². The number of carbonyl (C=O) groups excluding carboxylic acids is 1. The second-order valence-corrected chi connectivity index (χ2v) is 6.34. The van der Waals surface area contributed by atoms with Gasteiger partial charge in [-0.15, -0.1) is 0 Å². The first-order valence-electron chi connectivity index (χ1n) is 6.33. The van der Waals surface area contributed by atoms with Gasteiger partial charge in [-0.3, -0.25) is 4.79 Å². The molecule has 1 aliphatic heterocycles. The molecule has 1 heterocycles. The molecule has 1 saturated heterocycles. The summed E-state index contributed by atoms with van der Waals surface area (Å²) in [5.74, 6) is -0.547. The summed E-state index contributed by atoms with van der Waals surface area (Å²) in [5, 5.41) is 11.7. The van der Waals surface area contributed by atoms with E-state index in [0.717, 1.165) is 32.3 Å². The molecule has 2 rings (SSSR count). The van der Waals surface area contributed by atoms with Gasteiger partial charge in [-0.25, -0.2) is 4.79 Å². The Labute approximate surface area is 111 Å². The van der Waals surface area contributed by atoms with Gasteiger partial charge in [0.15, 0.2) is 0 Å². The number of thioether (sulfide) groups is 1. The van der Waals surface area contributed by atoms with Crippen molar-refractivity contribution >= 4 is 24.1 Å². The maximum Gasteiger partial charge on any atom is 0.327 e. The maximum absolute atomic E-state index is 10.9. The third-order valence-corrected chi connectivity index (χ3v) is 5.18. The van der Waals surface area contributed by atoms with Gasteiger partial charge < -0.3 is 15.2 Å². The number of hydrogen-bond donors (Lipinski definition) is 2. The molecule has 2 aliphatic rings. The van der Waals surface area contributed by atoms with Crippen LogP contribution in [-0.2, 0) is 14.3 Å². The molecule has 0 bridgehead atoms. The highest BCUT2D eigenvalue weighted by Gasteiger charge is 2.42. The van der Waals surface area contributed by atoms with Crippen molar-refractivity contribution in [2.75, 3.05) is 12.4 Å². The molecule has 2 N–H and O–H groups in total. The number of carboxylic acid groups (broad SMARTS) is 1. The van der Waals surface area contributed by atoms with Crippen LogP contribution in [0.2, 0.25) is 0 Å². The van der Waals surface area contributed by atoms with Gasteiger partial charge in [0, 0.05) is 17.6 Å². The van der Waals surface area contributed by atoms with Crippen LogP contribution in [0.5, 0.6) is 0 Å². The standard InChI is InChI=1S/C12H19NO4S/c14-8-13-10(11(15)16)7-18-9-2-5-17-12(6-9)3-1-4-12/h8-10H,1-7H2,(H,13,14)(H,15,16). The van der Waals surface area contributed by atoms with Crippen LogP contribution in [0.25, 0.3) is 0 Å². The second kappa shape index (κ2) is 5.93. The number of ether oxygens (including phenoxy) is 1. The highest BCUT2D eigenvalue weighted by atomic mass is 32.2. The van der Waals surface area contributed by atoms with E-state index in [4.69, 9.17) is 9.84 Å². The Morgan fingerprint density at radius 1 is 1.61 bits per heavy atom. The van der Waals surface area contributed by atoms with Gasteiger partial charge in [-0.1, -0.05) is 0 Å². The number of hydrogen-bond acceptors (Lipinski definition) is 4. The zero-order valence-electron chi connectivity index (χ0n) is 10.3. The van der Waals surface area contributed by atoms with Gasteiger partial charge >= 0.3 is 5.97 Å². The van der Waals surface area contributed by atoms with E-state index in [0.29, 0.717) is 17.4 Å². The van der Waals surface area contributed by atoms with Crippen LogP contribution < -0.4 is 5.32 Å². The minimum Gasteiger partial charge on any atom is -0.480 e. The lowest BCUT2D eigenvalue weighted by molar-refractivity contribution is -0.139. The SMILES string of the molecule is O=CNC(CSC1CCOC2(CCC2)C1)C(=O)O. The molecule has 0 radical (unpaired) electrons. The molecule has 0 aromatic carbocycles. The van der Waals surface area contributed by atoms with E-state index in [1.807, 2.05) is 0 Å². The first-order chi connectivity index (χ1) is 8.65. The maximum atomic E-state index is 10.9. The molecule has 2 fully saturated rings. The Bertz CT molecular complexity index is 319. The van der Waals surface area contributed by atoms with E-state index < -0.39 is 12.0 Å². The molecule has 2 unspecified atom stereocenters. The van der Waals surface area contributed by atoms with Gasteiger partial charge in [0.25, 0.3) is 0 Å². The van der Waals surface area contributed by atoms with E-state index in [-0.39, 0.29) is 5.60 Å². The van der Waals surface area contributed by atoms with Crippen molar-refractivity contribution in [2.24, 2.45) is 0 Å². The van der Waals surface area contributed by atoms with E-state index in [1.54, 1.807) is 11.8 Å². The lowest BCUT2D eigenvalue weighted by Gasteiger charge is -2.47. The molecule has 1 aliphatic carbocycles. The van der Waals surface area contributed by atoms with Crippen molar-refractivity contribution in [3.8, 4) is 0 Å². The highest BCUT2D eigenvalue weighted by molar-refractivity contribution is 8.00. The number of carbonyl (C=O) groups is 2. The fraction of sp³-hybridized carbons (Fsp3) is 0.833. The molecule has 2 atom stereocenters. The lowest BCUT2D eigenvalue weighted by Crippen LogP contribution is -2.47. The Hall–Kier alpha value is -0.750. The lowest BCUT2D eigenvalue weighted by atomic mass is 9.75. The fourth-order valence-electron chi connectivity index (χ4n) is 2.55. The van der Waals surface area contributed by atoms with Crippen LogP contribution in [0.3, 0.4) is 0 Å². The van der Waals surface area contributed by atoms with Crippen molar-refractivity contribution in [2.45, 2.75) is 49.0 Å². The molecule has 102 valence electrons. The summed E-state index contributed by atoms with van der Waals surface area (Å²) in [4.78, 5) is 21.2. The molecule has 1 spiro atoms. The van der Waals surface area contributed by atoms with E-state index in [1.165, 1.54) is 6.42 Å². The van der Waals surface area contributed by atoms with Gasteiger partial charge in [0.1, 0.15) is 6.04 Å². The van der Waals surface area contributed by atoms with Crippen LogP contribution >= 0.6 is 11.8 Å². The van der Waals surface area contributed by atoms with Crippen molar-refractivity contribution < 1.29 is 19.4 Å². The second-order valence-electron chi connectivity index (χ2n) is 5.01. The number of nitrogens with one attached hydrogen (secondary N) is 1. The van der Waals surface area contributed by atoms with E-state index in [2.05, 4.69) is 5.32 Å². The summed E-state index contributed by atoms with van der Waals surface area (Å²) in [6.07, 6.45) is 5.96. The van der Waals surface area contributed by atoms with Crippen LogP contribution in [0.1, 0.15) is 32.1 Å². The summed E-state index contributed by atoms with van der Waals surface area (Å²) in [6.45, 7) is 0.774. The van der Waals surface area contributed by atoms with Gasteiger partial charge in [-0.2, -0.15) is 11.8 Å². The average molecular weight is 273 g/mol. The van der Waals surface area contributed by atoms with Crippen molar-refractivity contribution in [3.63, 3.8) is 0 Å². The molecular weight excluding hydrogens is 254 g/mol. The largest absolute Gasteiger partial charge is 0.480 e. The Kier molecular flexibility index (Phi) is 4.50. The summed E-state index contributed by atoms with van der Waals surface area (Å²) < 4.78 is 5.83. The predicted octanol–water partition coefficient (Wildman–Crippen LogP) is 1.02. The zero-order chi connectivity index (χ0) is 13.0. The first-order valence-corrected chi connectivity index (χ1v) is 7.38. The quantitative estimate of drug-likeness (QED) is 0.707. The van der Waals surface area contributed by atoms with Gasteiger partial charge in [-0.05, 0) is 32.1 Å². The Balaban J connectivity index is 1.78. The molecule has 1 amide bonds. The average Bonchev–Trinajstić information content (AvgIpc) is 2.32. The molecule has 1 saturated carbocycles. The smallest absolute Gasteiger partial charge is 0.327 e. The van der Waals surface area contributed by atoms with Crippen molar-refractivity contribution in [1.82, 2.24) is 5.32 Å².